The van der Waals surface area contributed by atoms with Crippen LogP contribution in [0.2, 0.25) is 0 Å². The van der Waals surface area contributed by atoms with Gasteiger partial charge >= 0.3 is 5.97 Å². The van der Waals surface area contributed by atoms with E-state index >= 15 is 0 Å². The molecule has 0 radical (unpaired) electrons. The first-order valence-electron chi connectivity index (χ1n) is 4.89. The van der Waals surface area contributed by atoms with Gasteiger partial charge in [-0.2, -0.15) is 0 Å². The molecule has 0 aliphatic heterocycles. The number of hydrogen-bond acceptors (Lipinski definition) is 3. The van der Waals surface area contributed by atoms with Gasteiger partial charge in [-0.3, -0.25) is 0 Å². The Bertz CT molecular complexity index is 365. The van der Waals surface area contributed by atoms with E-state index in [1.165, 1.54) is 12.1 Å². The van der Waals surface area contributed by atoms with E-state index in [0.29, 0.717) is 13.2 Å². The second-order valence-corrected chi connectivity index (χ2v) is 2.97. The largest absolute Gasteiger partial charge is 0.487 e. The summed E-state index contributed by atoms with van der Waals surface area (Å²) in [6.45, 7) is 2.77. The van der Waals surface area contributed by atoms with Gasteiger partial charge < -0.3 is 14.6 Å². The summed E-state index contributed by atoms with van der Waals surface area (Å²) in [6, 6.07) is 3.78. The summed E-state index contributed by atoms with van der Waals surface area (Å²) < 4.78 is 23.3. The topological polar surface area (TPSA) is 55.8 Å². The molecule has 1 aromatic rings. The van der Waals surface area contributed by atoms with E-state index in [0.717, 1.165) is 6.07 Å². The molecule has 0 spiro atoms. The molecular weight excluding hydrogens is 215 g/mol. The van der Waals surface area contributed by atoms with E-state index in [4.69, 9.17) is 14.6 Å². The van der Waals surface area contributed by atoms with E-state index in [1.807, 2.05) is 6.92 Å². The van der Waals surface area contributed by atoms with Crippen molar-refractivity contribution < 1.29 is 23.8 Å². The quantitative estimate of drug-likeness (QED) is 0.756. The summed E-state index contributed by atoms with van der Waals surface area (Å²) in [4.78, 5) is 10.8. The average molecular weight is 228 g/mol. The number of carbonyl (C=O) groups is 1. The number of para-hydroxylation sites is 1. The Balaban J connectivity index is 2.73. The molecule has 5 heteroatoms. The SMILES string of the molecule is CCOCCOc1c(F)cccc1C(=O)O. The minimum Gasteiger partial charge on any atom is -0.487 e. The van der Waals surface area contributed by atoms with Crippen molar-refractivity contribution in [2.75, 3.05) is 19.8 Å². The molecule has 0 saturated carbocycles. The van der Waals surface area contributed by atoms with Gasteiger partial charge in [0.1, 0.15) is 12.2 Å². The lowest BCUT2D eigenvalue weighted by molar-refractivity contribution is 0.0685. The molecule has 1 rings (SSSR count). The molecule has 0 aliphatic carbocycles. The Morgan fingerprint density at radius 2 is 2.19 bits per heavy atom. The molecule has 0 aliphatic rings. The fourth-order valence-corrected chi connectivity index (χ4v) is 1.17. The summed E-state index contributed by atoms with van der Waals surface area (Å²) in [5.74, 6) is -2.14. The van der Waals surface area contributed by atoms with Crippen molar-refractivity contribution in [2.45, 2.75) is 6.92 Å². The lowest BCUT2D eigenvalue weighted by Gasteiger charge is -2.09. The fourth-order valence-electron chi connectivity index (χ4n) is 1.17. The minimum absolute atomic E-state index is 0.120. The van der Waals surface area contributed by atoms with Crippen molar-refractivity contribution in [1.29, 1.82) is 0 Å². The van der Waals surface area contributed by atoms with Gasteiger partial charge in [0.25, 0.3) is 0 Å². The molecule has 0 bridgehead atoms. The van der Waals surface area contributed by atoms with Crippen LogP contribution in [0.3, 0.4) is 0 Å². The van der Waals surface area contributed by atoms with Crippen molar-refractivity contribution in [2.24, 2.45) is 0 Å². The zero-order valence-electron chi connectivity index (χ0n) is 8.90. The van der Waals surface area contributed by atoms with Crippen molar-refractivity contribution >= 4 is 5.97 Å². The maximum atomic E-state index is 13.3. The van der Waals surface area contributed by atoms with Crippen molar-refractivity contribution in [3.05, 3.63) is 29.6 Å². The lowest BCUT2D eigenvalue weighted by atomic mass is 10.2. The number of hydrogen-bond donors (Lipinski definition) is 1. The van der Waals surface area contributed by atoms with Crippen molar-refractivity contribution in [3.8, 4) is 5.75 Å². The second-order valence-electron chi connectivity index (χ2n) is 2.97. The van der Waals surface area contributed by atoms with Gasteiger partial charge in [-0.05, 0) is 19.1 Å². The molecule has 88 valence electrons. The van der Waals surface area contributed by atoms with Crippen LogP contribution in [0.25, 0.3) is 0 Å². The summed E-state index contributed by atoms with van der Waals surface area (Å²) in [5, 5.41) is 8.81. The van der Waals surface area contributed by atoms with E-state index in [2.05, 4.69) is 0 Å². The summed E-state index contributed by atoms with van der Waals surface area (Å²) in [7, 11) is 0. The third-order valence-corrected chi connectivity index (χ3v) is 1.88. The maximum absolute atomic E-state index is 13.3. The highest BCUT2D eigenvalue weighted by atomic mass is 19.1. The molecule has 0 saturated heterocycles. The number of benzene rings is 1. The van der Waals surface area contributed by atoms with Gasteiger partial charge in [0, 0.05) is 6.61 Å². The molecule has 1 aromatic carbocycles. The van der Waals surface area contributed by atoms with Gasteiger partial charge in [0.15, 0.2) is 11.6 Å². The predicted octanol–water partition coefficient (Wildman–Crippen LogP) is 1.94. The van der Waals surface area contributed by atoms with Crippen molar-refractivity contribution in [1.82, 2.24) is 0 Å². The van der Waals surface area contributed by atoms with Gasteiger partial charge in [0.05, 0.1) is 6.61 Å². The molecular formula is C11H13FO4. The second kappa shape index (κ2) is 6.07. The number of aromatic carboxylic acids is 1. The van der Waals surface area contributed by atoms with E-state index in [-0.39, 0.29) is 17.9 Å². The van der Waals surface area contributed by atoms with Crippen LogP contribution in [0.5, 0.6) is 5.75 Å². The van der Waals surface area contributed by atoms with Gasteiger partial charge in [-0.25, -0.2) is 9.18 Å². The first-order valence-corrected chi connectivity index (χ1v) is 4.89. The first-order chi connectivity index (χ1) is 7.66. The lowest BCUT2D eigenvalue weighted by Crippen LogP contribution is -2.10. The maximum Gasteiger partial charge on any atom is 0.339 e. The van der Waals surface area contributed by atoms with Crippen LogP contribution >= 0.6 is 0 Å². The van der Waals surface area contributed by atoms with Crippen LogP contribution in [0, 0.1) is 5.82 Å². The molecule has 0 atom stereocenters. The monoisotopic (exact) mass is 228 g/mol. The Morgan fingerprint density at radius 3 is 2.81 bits per heavy atom. The van der Waals surface area contributed by atoms with Crippen LogP contribution in [0.15, 0.2) is 18.2 Å². The number of halogens is 1. The van der Waals surface area contributed by atoms with Crippen LogP contribution in [0.4, 0.5) is 4.39 Å². The first kappa shape index (κ1) is 12.4. The Morgan fingerprint density at radius 1 is 1.44 bits per heavy atom. The number of carboxylic acid groups (broad SMARTS) is 1. The normalized spacial score (nSPS) is 10.1. The highest BCUT2D eigenvalue weighted by Crippen LogP contribution is 2.22. The summed E-state index contributed by atoms with van der Waals surface area (Å²) >= 11 is 0. The zero-order valence-corrected chi connectivity index (χ0v) is 8.90. The van der Waals surface area contributed by atoms with E-state index in [1.54, 1.807) is 0 Å². The van der Waals surface area contributed by atoms with E-state index < -0.39 is 11.8 Å². The zero-order chi connectivity index (χ0) is 12.0. The van der Waals surface area contributed by atoms with Gasteiger partial charge in [0.2, 0.25) is 0 Å². The number of carboxylic acids is 1. The van der Waals surface area contributed by atoms with Gasteiger partial charge in [-0.1, -0.05) is 6.07 Å². The third-order valence-electron chi connectivity index (χ3n) is 1.88. The smallest absolute Gasteiger partial charge is 0.339 e. The third kappa shape index (κ3) is 3.20. The molecule has 1 N–H and O–H groups in total. The van der Waals surface area contributed by atoms with Crippen LogP contribution in [0.1, 0.15) is 17.3 Å². The fraction of sp³-hybridized carbons (Fsp3) is 0.364. The van der Waals surface area contributed by atoms with Crippen molar-refractivity contribution in [3.63, 3.8) is 0 Å². The molecule has 4 nitrogen and oxygen atoms in total. The Kier molecular flexibility index (Phi) is 4.72. The Hall–Kier alpha value is -1.62. The summed E-state index contributed by atoms with van der Waals surface area (Å²) in [6.07, 6.45) is 0. The highest BCUT2D eigenvalue weighted by molar-refractivity contribution is 5.90. The van der Waals surface area contributed by atoms with Crippen LogP contribution in [-0.2, 0) is 4.74 Å². The predicted molar refractivity (Wildman–Crippen MR) is 55.3 cm³/mol. The Labute approximate surface area is 92.6 Å². The standard InChI is InChI=1S/C11H13FO4/c1-2-15-6-7-16-10-8(11(13)14)4-3-5-9(10)12/h3-5H,2,6-7H2,1H3,(H,13,14). The molecule has 0 aromatic heterocycles. The summed E-state index contributed by atoms with van der Waals surface area (Å²) in [5.41, 5.74) is -0.184. The molecule has 0 unspecified atom stereocenters. The minimum atomic E-state index is -1.22. The van der Waals surface area contributed by atoms with Gasteiger partial charge in [-0.15, -0.1) is 0 Å². The van der Waals surface area contributed by atoms with E-state index in [9.17, 15) is 9.18 Å². The number of ether oxygens (including phenoxy) is 2. The molecule has 0 heterocycles. The highest BCUT2D eigenvalue weighted by Gasteiger charge is 2.15. The molecule has 0 amide bonds. The molecule has 16 heavy (non-hydrogen) atoms. The van der Waals surface area contributed by atoms with Crippen LogP contribution < -0.4 is 4.74 Å². The van der Waals surface area contributed by atoms with Crippen LogP contribution in [-0.4, -0.2) is 30.9 Å². The number of rotatable bonds is 6. The average Bonchev–Trinajstić information content (AvgIpc) is 2.25. The molecule has 0 fully saturated rings.